The first-order valence-electron chi connectivity index (χ1n) is 6.24. The SMILES string of the molecule is NC(=O)Nc1nonc1C(=NC1Cc2ccc(F)cc21)NO. The number of amidine groups is 1. The number of benzene rings is 1. The van der Waals surface area contributed by atoms with Crippen LogP contribution in [-0.2, 0) is 6.42 Å². The van der Waals surface area contributed by atoms with Crippen LogP contribution in [0.2, 0.25) is 0 Å². The molecule has 1 unspecified atom stereocenters. The summed E-state index contributed by atoms with van der Waals surface area (Å²) in [6.07, 6.45) is 0.588. The minimum Gasteiger partial charge on any atom is -0.351 e. The van der Waals surface area contributed by atoms with Crippen molar-refractivity contribution in [2.75, 3.05) is 5.32 Å². The number of anilines is 1. The number of aliphatic imine (C=N–C) groups is 1. The maximum Gasteiger partial charge on any atom is 0.317 e. The molecule has 1 aromatic carbocycles. The Labute approximate surface area is 122 Å². The third-order valence-electron chi connectivity index (χ3n) is 3.23. The van der Waals surface area contributed by atoms with Gasteiger partial charge in [-0.2, -0.15) is 0 Å². The summed E-state index contributed by atoms with van der Waals surface area (Å²) in [5, 5.41) is 18.4. The Balaban J connectivity index is 1.89. The van der Waals surface area contributed by atoms with Crippen LogP contribution in [-0.4, -0.2) is 27.4 Å². The van der Waals surface area contributed by atoms with E-state index < -0.39 is 6.03 Å². The molecule has 114 valence electrons. The second kappa shape index (κ2) is 5.41. The highest BCUT2D eigenvalue weighted by atomic mass is 19.1. The normalized spacial score (nSPS) is 16.6. The number of amides is 2. The van der Waals surface area contributed by atoms with E-state index in [1.54, 1.807) is 6.07 Å². The number of rotatable bonds is 3. The maximum atomic E-state index is 13.2. The van der Waals surface area contributed by atoms with Gasteiger partial charge in [0.25, 0.3) is 0 Å². The summed E-state index contributed by atoms with van der Waals surface area (Å²) in [5.41, 5.74) is 8.52. The van der Waals surface area contributed by atoms with Crippen molar-refractivity contribution >= 4 is 17.7 Å². The smallest absolute Gasteiger partial charge is 0.317 e. The zero-order chi connectivity index (χ0) is 15.7. The third-order valence-corrected chi connectivity index (χ3v) is 3.23. The number of hydroxylamine groups is 1. The number of nitrogens with two attached hydrogens (primary N) is 1. The number of hydrogen-bond donors (Lipinski definition) is 4. The highest BCUT2D eigenvalue weighted by Gasteiger charge is 2.28. The lowest BCUT2D eigenvalue weighted by Gasteiger charge is -2.27. The lowest BCUT2D eigenvalue weighted by molar-refractivity contribution is 0.232. The van der Waals surface area contributed by atoms with Crippen LogP contribution >= 0.6 is 0 Å². The largest absolute Gasteiger partial charge is 0.351 e. The predicted molar refractivity (Wildman–Crippen MR) is 71.8 cm³/mol. The number of carbonyl (C=O) groups is 1. The second-order valence-electron chi connectivity index (χ2n) is 4.60. The van der Waals surface area contributed by atoms with Gasteiger partial charge in [-0.1, -0.05) is 6.07 Å². The van der Waals surface area contributed by atoms with E-state index in [-0.39, 0.29) is 29.2 Å². The number of aromatic nitrogens is 2. The topological polar surface area (TPSA) is 139 Å². The Bertz CT molecular complexity index is 759. The van der Waals surface area contributed by atoms with Crippen molar-refractivity contribution in [1.29, 1.82) is 0 Å². The van der Waals surface area contributed by atoms with Gasteiger partial charge in [-0.25, -0.2) is 13.8 Å². The molecule has 1 atom stereocenters. The Morgan fingerprint density at radius 2 is 2.32 bits per heavy atom. The lowest BCUT2D eigenvalue weighted by Crippen LogP contribution is -2.27. The van der Waals surface area contributed by atoms with Crippen molar-refractivity contribution < 1.29 is 19.0 Å². The van der Waals surface area contributed by atoms with Crippen LogP contribution in [0.3, 0.4) is 0 Å². The van der Waals surface area contributed by atoms with Crippen molar-refractivity contribution in [3.63, 3.8) is 0 Å². The van der Waals surface area contributed by atoms with E-state index in [2.05, 4.69) is 25.3 Å². The molecule has 22 heavy (non-hydrogen) atoms. The summed E-state index contributed by atoms with van der Waals surface area (Å²) in [7, 11) is 0. The molecule has 3 rings (SSSR count). The molecule has 9 nitrogen and oxygen atoms in total. The molecule has 0 aliphatic heterocycles. The molecule has 0 saturated carbocycles. The molecular formula is C12H11FN6O3. The number of urea groups is 1. The summed E-state index contributed by atoms with van der Waals surface area (Å²) in [6.45, 7) is 0. The van der Waals surface area contributed by atoms with Crippen LogP contribution in [0.15, 0.2) is 27.8 Å². The molecule has 1 aromatic heterocycles. The summed E-state index contributed by atoms with van der Waals surface area (Å²) >= 11 is 0. The number of primary amides is 1. The van der Waals surface area contributed by atoms with Crippen molar-refractivity contribution in [3.8, 4) is 0 Å². The number of nitrogens with zero attached hydrogens (tertiary/aromatic N) is 3. The minimum absolute atomic E-state index is 0.0221. The monoisotopic (exact) mass is 306 g/mol. The Hall–Kier alpha value is -3.01. The van der Waals surface area contributed by atoms with Crippen molar-refractivity contribution in [2.45, 2.75) is 12.5 Å². The first-order valence-corrected chi connectivity index (χ1v) is 6.24. The van der Waals surface area contributed by atoms with E-state index in [4.69, 9.17) is 5.73 Å². The zero-order valence-corrected chi connectivity index (χ0v) is 11.1. The molecule has 1 aliphatic rings. The Morgan fingerprint density at radius 3 is 3.05 bits per heavy atom. The number of halogens is 1. The molecule has 10 heteroatoms. The van der Waals surface area contributed by atoms with Crippen LogP contribution in [0, 0.1) is 5.82 Å². The molecule has 0 spiro atoms. The van der Waals surface area contributed by atoms with Gasteiger partial charge in [0, 0.05) is 0 Å². The highest BCUT2D eigenvalue weighted by Crippen LogP contribution is 2.36. The molecule has 0 radical (unpaired) electrons. The van der Waals surface area contributed by atoms with Gasteiger partial charge in [0.05, 0.1) is 6.04 Å². The molecule has 2 amide bonds. The van der Waals surface area contributed by atoms with Crippen molar-refractivity contribution in [2.24, 2.45) is 10.7 Å². The quantitative estimate of drug-likeness (QED) is 0.374. The van der Waals surface area contributed by atoms with Gasteiger partial charge in [-0.3, -0.25) is 21.0 Å². The maximum absolute atomic E-state index is 13.2. The summed E-state index contributed by atoms with van der Waals surface area (Å²) in [5.74, 6) is -0.534. The molecule has 0 fully saturated rings. The van der Waals surface area contributed by atoms with E-state index in [9.17, 15) is 14.4 Å². The molecule has 2 aromatic rings. The van der Waals surface area contributed by atoms with Crippen LogP contribution in [0.1, 0.15) is 22.9 Å². The first-order chi connectivity index (χ1) is 10.6. The van der Waals surface area contributed by atoms with Gasteiger partial charge in [0.15, 0.2) is 11.5 Å². The summed E-state index contributed by atoms with van der Waals surface area (Å²) in [4.78, 5) is 15.1. The standard InChI is InChI=1S/C12H11FN6O3/c13-6-2-1-5-3-8(7(5)4-6)15-10(17-21)9-11(16-12(14)20)19-22-18-9/h1-2,4,8,21H,3H2,(H,15,17)(H3,14,16,19,20). The van der Waals surface area contributed by atoms with E-state index in [0.29, 0.717) is 12.0 Å². The number of hydrogen-bond acceptors (Lipinski definition) is 6. The Morgan fingerprint density at radius 1 is 1.50 bits per heavy atom. The average molecular weight is 306 g/mol. The van der Waals surface area contributed by atoms with Gasteiger partial charge in [0.2, 0.25) is 5.82 Å². The average Bonchev–Trinajstić information content (AvgIpc) is 2.90. The van der Waals surface area contributed by atoms with Crippen LogP contribution in [0.4, 0.5) is 15.0 Å². The summed E-state index contributed by atoms with van der Waals surface area (Å²) < 4.78 is 17.7. The Kier molecular flexibility index (Phi) is 3.43. The van der Waals surface area contributed by atoms with Gasteiger partial charge in [-0.05, 0) is 40.0 Å². The fourth-order valence-electron chi connectivity index (χ4n) is 2.21. The minimum atomic E-state index is -0.870. The molecular weight excluding hydrogens is 295 g/mol. The van der Waals surface area contributed by atoms with Crippen LogP contribution < -0.4 is 16.5 Å². The molecule has 0 bridgehead atoms. The lowest BCUT2D eigenvalue weighted by atomic mass is 9.83. The van der Waals surface area contributed by atoms with E-state index in [1.807, 2.05) is 5.48 Å². The van der Waals surface area contributed by atoms with Crippen LogP contribution in [0.25, 0.3) is 0 Å². The molecule has 5 N–H and O–H groups in total. The van der Waals surface area contributed by atoms with Crippen molar-refractivity contribution in [3.05, 3.63) is 40.8 Å². The molecule has 1 aliphatic carbocycles. The molecule has 0 saturated heterocycles. The van der Waals surface area contributed by atoms with Gasteiger partial charge >= 0.3 is 6.03 Å². The fraction of sp³-hybridized carbons (Fsp3) is 0.167. The van der Waals surface area contributed by atoms with Crippen LogP contribution in [0.5, 0.6) is 0 Å². The number of nitrogens with one attached hydrogen (secondary N) is 2. The van der Waals surface area contributed by atoms with Gasteiger partial charge in [0.1, 0.15) is 5.82 Å². The van der Waals surface area contributed by atoms with E-state index >= 15 is 0 Å². The van der Waals surface area contributed by atoms with E-state index in [0.717, 1.165) is 5.56 Å². The first kappa shape index (κ1) is 13.9. The van der Waals surface area contributed by atoms with E-state index in [1.165, 1.54) is 12.1 Å². The second-order valence-corrected chi connectivity index (χ2v) is 4.60. The predicted octanol–water partition coefficient (Wildman–Crippen LogP) is 0.722. The van der Waals surface area contributed by atoms with Crippen molar-refractivity contribution in [1.82, 2.24) is 15.8 Å². The number of carbonyl (C=O) groups excluding carboxylic acids is 1. The van der Waals surface area contributed by atoms with Gasteiger partial charge in [-0.15, -0.1) is 0 Å². The third kappa shape index (κ3) is 2.46. The van der Waals surface area contributed by atoms with Gasteiger partial charge < -0.3 is 5.73 Å². The number of fused-ring (bicyclic) bond motifs is 1. The highest BCUT2D eigenvalue weighted by molar-refractivity contribution is 6.03. The fourth-order valence-corrected chi connectivity index (χ4v) is 2.21. The molecule has 1 heterocycles. The summed E-state index contributed by atoms with van der Waals surface area (Å²) in [6, 6.07) is 3.22. The zero-order valence-electron chi connectivity index (χ0n) is 11.1.